The monoisotopic (exact) mass is 410 g/mol. The quantitative estimate of drug-likeness (QED) is 0.760. The minimum atomic E-state index is -0.311. The summed E-state index contributed by atoms with van der Waals surface area (Å²) in [6.45, 7) is 5.81. The van der Waals surface area contributed by atoms with E-state index in [0.717, 1.165) is 37.9 Å². The second-order valence-electron chi connectivity index (χ2n) is 9.05. The highest BCUT2D eigenvalue weighted by molar-refractivity contribution is 5.94. The van der Waals surface area contributed by atoms with Crippen molar-refractivity contribution in [2.45, 2.75) is 57.1 Å². The number of ether oxygens (including phenoxy) is 1. The highest BCUT2D eigenvalue weighted by Crippen LogP contribution is 2.39. The fourth-order valence-electron chi connectivity index (χ4n) is 5.59. The molecule has 2 saturated heterocycles. The SMILES string of the molecule is Cc1ccn2c(=O)c(C(=O)N3CCO[C@@]4(CCCC[C@@H]4N4CCCC4)C3)cnc2c1. The number of fused-ring (bicyclic) bond motifs is 1. The van der Waals surface area contributed by atoms with Gasteiger partial charge in [0.2, 0.25) is 0 Å². The van der Waals surface area contributed by atoms with Crippen molar-refractivity contribution in [2.75, 3.05) is 32.8 Å². The van der Waals surface area contributed by atoms with Crippen LogP contribution in [0.1, 0.15) is 54.4 Å². The van der Waals surface area contributed by atoms with Gasteiger partial charge in [0.1, 0.15) is 16.8 Å². The molecule has 0 N–H and O–H groups in total. The van der Waals surface area contributed by atoms with Crippen LogP contribution in [0, 0.1) is 6.92 Å². The van der Waals surface area contributed by atoms with Gasteiger partial charge in [-0.1, -0.05) is 12.8 Å². The van der Waals surface area contributed by atoms with Crippen molar-refractivity contribution < 1.29 is 9.53 Å². The molecular formula is C23H30N4O3. The molecule has 3 fully saturated rings. The zero-order valence-electron chi connectivity index (χ0n) is 17.7. The molecule has 30 heavy (non-hydrogen) atoms. The largest absolute Gasteiger partial charge is 0.370 e. The Morgan fingerprint density at radius 1 is 1.20 bits per heavy atom. The van der Waals surface area contributed by atoms with E-state index in [4.69, 9.17) is 4.74 Å². The number of hydrogen-bond acceptors (Lipinski definition) is 5. The molecule has 2 aromatic heterocycles. The van der Waals surface area contributed by atoms with E-state index in [9.17, 15) is 9.59 Å². The number of rotatable bonds is 2. The van der Waals surface area contributed by atoms with Gasteiger partial charge in [-0.25, -0.2) is 4.98 Å². The van der Waals surface area contributed by atoms with E-state index >= 15 is 0 Å². The molecule has 0 radical (unpaired) electrons. The van der Waals surface area contributed by atoms with E-state index < -0.39 is 0 Å². The van der Waals surface area contributed by atoms with Gasteiger partial charge in [-0.15, -0.1) is 0 Å². The first-order chi connectivity index (χ1) is 14.6. The topological polar surface area (TPSA) is 67.2 Å². The Morgan fingerprint density at radius 2 is 2.03 bits per heavy atom. The summed E-state index contributed by atoms with van der Waals surface area (Å²) in [7, 11) is 0. The summed E-state index contributed by atoms with van der Waals surface area (Å²) in [5, 5.41) is 0. The molecule has 5 rings (SSSR count). The summed E-state index contributed by atoms with van der Waals surface area (Å²) in [5.74, 6) is -0.226. The maximum atomic E-state index is 13.4. The average Bonchev–Trinajstić information content (AvgIpc) is 3.28. The van der Waals surface area contributed by atoms with Crippen molar-refractivity contribution in [1.82, 2.24) is 19.2 Å². The molecule has 1 saturated carbocycles. The number of morpholine rings is 1. The van der Waals surface area contributed by atoms with Crippen molar-refractivity contribution in [3.05, 3.63) is 46.0 Å². The van der Waals surface area contributed by atoms with Gasteiger partial charge in [0, 0.05) is 25.0 Å². The van der Waals surface area contributed by atoms with Gasteiger partial charge < -0.3 is 9.64 Å². The van der Waals surface area contributed by atoms with Crippen molar-refractivity contribution in [3.63, 3.8) is 0 Å². The lowest BCUT2D eigenvalue weighted by Crippen LogP contribution is -2.64. The second kappa shape index (κ2) is 7.78. The summed E-state index contributed by atoms with van der Waals surface area (Å²) in [6, 6.07) is 4.07. The molecule has 2 aromatic rings. The number of likely N-dealkylation sites (tertiary alicyclic amines) is 1. The molecule has 1 aliphatic carbocycles. The molecule has 7 nitrogen and oxygen atoms in total. The van der Waals surface area contributed by atoms with Crippen LogP contribution in [0.15, 0.2) is 29.3 Å². The number of pyridine rings is 1. The first kappa shape index (κ1) is 19.7. The minimum Gasteiger partial charge on any atom is -0.370 e. The zero-order valence-corrected chi connectivity index (χ0v) is 17.7. The summed E-state index contributed by atoms with van der Waals surface area (Å²) in [4.78, 5) is 35.2. The van der Waals surface area contributed by atoms with Crippen LogP contribution in [-0.2, 0) is 4.74 Å². The molecule has 1 amide bonds. The van der Waals surface area contributed by atoms with E-state index in [0.29, 0.717) is 31.4 Å². The van der Waals surface area contributed by atoms with Gasteiger partial charge in [-0.05, 0) is 63.4 Å². The van der Waals surface area contributed by atoms with Crippen LogP contribution in [0.4, 0.5) is 0 Å². The Morgan fingerprint density at radius 3 is 2.87 bits per heavy atom. The van der Waals surface area contributed by atoms with E-state index in [1.807, 2.05) is 24.0 Å². The lowest BCUT2D eigenvalue weighted by atomic mass is 9.78. The van der Waals surface area contributed by atoms with Crippen LogP contribution >= 0.6 is 0 Å². The van der Waals surface area contributed by atoms with Crippen molar-refractivity contribution in [3.8, 4) is 0 Å². The molecule has 1 spiro atoms. The zero-order chi connectivity index (χ0) is 20.7. The summed E-state index contributed by atoms with van der Waals surface area (Å²) >= 11 is 0. The van der Waals surface area contributed by atoms with E-state index in [1.54, 1.807) is 6.20 Å². The highest BCUT2D eigenvalue weighted by Gasteiger charge is 2.49. The molecule has 2 atom stereocenters. The van der Waals surface area contributed by atoms with Gasteiger partial charge in [0.05, 0.1) is 13.2 Å². The molecule has 0 aromatic carbocycles. The van der Waals surface area contributed by atoms with Crippen LogP contribution in [0.25, 0.3) is 5.65 Å². The molecule has 160 valence electrons. The van der Waals surface area contributed by atoms with Gasteiger partial charge in [0.25, 0.3) is 11.5 Å². The Hall–Kier alpha value is -2.25. The number of amides is 1. The number of aromatic nitrogens is 2. The predicted molar refractivity (Wildman–Crippen MR) is 114 cm³/mol. The number of hydrogen-bond donors (Lipinski definition) is 0. The molecule has 0 unspecified atom stereocenters. The first-order valence-corrected chi connectivity index (χ1v) is 11.2. The minimum absolute atomic E-state index is 0.141. The molecule has 7 heteroatoms. The van der Waals surface area contributed by atoms with Crippen molar-refractivity contribution in [2.24, 2.45) is 0 Å². The lowest BCUT2D eigenvalue weighted by molar-refractivity contribution is -0.156. The molecular weight excluding hydrogens is 380 g/mol. The third kappa shape index (κ3) is 3.34. The molecule has 4 heterocycles. The molecule has 3 aliphatic rings. The smallest absolute Gasteiger partial charge is 0.270 e. The maximum absolute atomic E-state index is 13.4. The van der Waals surface area contributed by atoms with Gasteiger partial charge in [0.15, 0.2) is 0 Å². The Balaban J connectivity index is 1.43. The van der Waals surface area contributed by atoms with Crippen LogP contribution in [0.3, 0.4) is 0 Å². The Kier molecular flexibility index (Phi) is 5.11. The van der Waals surface area contributed by atoms with E-state index in [2.05, 4.69) is 9.88 Å². The fourth-order valence-corrected chi connectivity index (χ4v) is 5.59. The predicted octanol–water partition coefficient (Wildman–Crippen LogP) is 2.25. The van der Waals surface area contributed by atoms with Gasteiger partial charge >= 0.3 is 0 Å². The van der Waals surface area contributed by atoms with Crippen molar-refractivity contribution in [1.29, 1.82) is 0 Å². The number of carbonyl (C=O) groups is 1. The van der Waals surface area contributed by atoms with Crippen LogP contribution < -0.4 is 5.56 Å². The summed E-state index contributed by atoms with van der Waals surface area (Å²) < 4.78 is 7.89. The number of aryl methyl sites for hydroxylation is 1. The Labute approximate surface area is 176 Å². The first-order valence-electron chi connectivity index (χ1n) is 11.2. The fraction of sp³-hybridized carbons (Fsp3) is 0.609. The molecule has 0 bridgehead atoms. The van der Waals surface area contributed by atoms with Gasteiger partial charge in [-0.3, -0.25) is 18.9 Å². The third-order valence-electron chi connectivity index (χ3n) is 7.11. The highest BCUT2D eigenvalue weighted by atomic mass is 16.5. The van der Waals surface area contributed by atoms with E-state index in [-0.39, 0.29) is 22.6 Å². The average molecular weight is 411 g/mol. The molecule has 2 aliphatic heterocycles. The lowest BCUT2D eigenvalue weighted by Gasteiger charge is -2.52. The number of nitrogens with zero attached hydrogens (tertiary/aromatic N) is 4. The van der Waals surface area contributed by atoms with Crippen LogP contribution in [0.5, 0.6) is 0 Å². The van der Waals surface area contributed by atoms with E-state index in [1.165, 1.54) is 29.9 Å². The maximum Gasteiger partial charge on any atom is 0.270 e. The standard InChI is InChI=1S/C23H30N4O3/c1-17-7-11-27-20(14-17)24-15-18(22(27)29)21(28)26-12-13-30-23(16-26)8-3-2-6-19(23)25-9-4-5-10-25/h7,11,14-15,19H,2-6,8-10,12-13,16H2,1H3/t19-,23-/m0/s1. The third-order valence-corrected chi connectivity index (χ3v) is 7.11. The second-order valence-corrected chi connectivity index (χ2v) is 9.05. The number of carbonyl (C=O) groups excluding carboxylic acids is 1. The van der Waals surface area contributed by atoms with Crippen LogP contribution in [0.2, 0.25) is 0 Å². The Bertz CT molecular complexity index is 1010. The van der Waals surface area contributed by atoms with Gasteiger partial charge in [-0.2, -0.15) is 0 Å². The summed E-state index contributed by atoms with van der Waals surface area (Å²) in [5.41, 5.74) is 1.12. The van der Waals surface area contributed by atoms with Crippen LogP contribution in [-0.4, -0.2) is 69.5 Å². The van der Waals surface area contributed by atoms with Crippen molar-refractivity contribution >= 4 is 11.6 Å². The summed E-state index contributed by atoms with van der Waals surface area (Å²) in [6.07, 6.45) is 10.1. The normalized spacial score (nSPS) is 27.8.